The van der Waals surface area contributed by atoms with E-state index in [1.807, 2.05) is 0 Å². The van der Waals surface area contributed by atoms with Gasteiger partial charge in [0, 0.05) is 6.54 Å². The van der Waals surface area contributed by atoms with Gasteiger partial charge in [0.2, 0.25) is 0 Å². The maximum absolute atomic E-state index is 9.33. The van der Waals surface area contributed by atoms with Crippen molar-refractivity contribution in [3.63, 3.8) is 0 Å². The minimum absolute atomic E-state index is 0.338. The molecule has 90 valence electrons. The van der Waals surface area contributed by atoms with Gasteiger partial charge in [-0.25, -0.2) is 0 Å². The zero-order valence-electron chi connectivity index (χ0n) is 10.3. The molecule has 0 spiro atoms. The molecule has 2 nitrogen and oxygen atoms in total. The summed E-state index contributed by atoms with van der Waals surface area (Å²) in [6.07, 6.45) is 2.48. The summed E-state index contributed by atoms with van der Waals surface area (Å²) in [5.41, 5.74) is 8.08. The van der Waals surface area contributed by atoms with Crippen LogP contribution in [0.15, 0.2) is 24.3 Å². The van der Waals surface area contributed by atoms with Crippen molar-refractivity contribution in [2.75, 3.05) is 6.54 Å². The van der Waals surface area contributed by atoms with Gasteiger partial charge < -0.3 is 10.8 Å². The van der Waals surface area contributed by atoms with E-state index in [0.717, 1.165) is 19.3 Å². The van der Waals surface area contributed by atoms with E-state index in [2.05, 4.69) is 38.1 Å². The van der Waals surface area contributed by atoms with Crippen LogP contribution in [0.3, 0.4) is 0 Å². The van der Waals surface area contributed by atoms with E-state index in [9.17, 15) is 5.11 Å². The molecule has 0 bridgehead atoms. The van der Waals surface area contributed by atoms with Crippen LogP contribution in [0.2, 0.25) is 0 Å². The minimum Gasteiger partial charge on any atom is -0.392 e. The van der Waals surface area contributed by atoms with Crippen LogP contribution in [0.5, 0.6) is 0 Å². The maximum atomic E-state index is 9.33. The second kappa shape index (κ2) is 6.66. The Labute approximate surface area is 98.5 Å². The molecule has 16 heavy (non-hydrogen) atoms. The fourth-order valence-electron chi connectivity index (χ4n) is 1.73. The van der Waals surface area contributed by atoms with Gasteiger partial charge in [0.1, 0.15) is 0 Å². The van der Waals surface area contributed by atoms with Crippen molar-refractivity contribution < 1.29 is 5.11 Å². The normalized spacial score (nSPS) is 13.1. The predicted molar refractivity (Wildman–Crippen MR) is 68.5 cm³/mol. The lowest BCUT2D eigenvalue weighted by atomic mass is 9.99. The molecule has 1 rings (SSSR count). The quantitative estimate of drug-likeness (QED) is 0.775. The van der Waals surface area contributed by atoms with Gasteiger partial charge in [-0.1, -0.05) is 38.1 Å². The third-order valence-corrected chi connectivity index (χ3v) is 2.92. The second-order valence-corrected chi connectivity index (χ2v) is 4.68. The lowest BCUT2D eigenvalue weighted by Gasteiger charge is -2.08. The molecule has 1 unspecified atom stereocenters. The van der Waals surface area contributed by atoms with Crippen LogP contribution >= 0.6 is 0 Å². The van der Waals surface area contributed by atoms with Gasteiger partial charge in [0.25, 0.3) is 0 Å². The van der Waals surface area contributed by atoms with Crippen molar-refractivity contribution in [1.82, 2.24) is 0 Å². The number of aryl methyl sites for hydroxylation is 1. The van der Waals surface area contributed by atoms with Gasteiger partial charge in [-0.05, 0) is 36.3 Å². The summed E-state index contributed by atoms with van der Waals surface area (Å²) in [5, 5.41) is 9.33. The Hall–Kier alpha value is -0.860. The number of hydrogen-bond donors (Lipinski definition) is 2. The largest absolute Gasteiger partial charge is 0.392 e. The first kappa shape index (κ1) is 13.2. The number of aliphatic hydroxyl groups is 1. The second-order valence-electron chi connectivity index (χ2n) is 4.68. The Bertz CT molecular complexity index is 292. The summed E-state index contributed by atoms with van der Waals surface area (Å²) < 4.78 is 0. The van der Waals surface area contributed by atoms with Crippen LogP contribution < -0.4 is 5.73 Å². The summed E-state index contributed by atoms with van der Waals surface area (Å²) in [5.74, 6) is 0.591. The van der Waals surface area contributed by atoms with Crippen LogP contribution in [0.4, 0.5) is 0 Å². The van der Waals surface area contributed by atoms with Crippen LogP contribution in [-0.2, 0) is 6.42 Å². The number of hydrogen-bond acceptors (Lipinski definition) is 2. The van der Waals surface area contributed by atoms with Gasteiger partial charge in [-0.15, -0.1) is 0 Å². The number of nitrogens with two attached hydrogens (primary N) is 1. The molecule has 0 saturated carbocycles. The van der Waals surface area contributed by atoms with Crippen molar-refractivity contribution in [2.24, 2.45) is 5.73 Å². The van der Waals surface area contributed by atoms with Crippen molar-refractivity contribution in [2.45, 2.75) is 45.1 Å². The van der Waals surface area contributed by atoms with Gasteiger partial charge >= 0.3 is 0 Å². The highest BCUT2D eigenvalue weighted by molar-refractivity contribution is 5.24. The molecule has 0 radical (unpaired) electrons. The molecule has 1 atom stereocenters. The molecule has 0 heterocycles. The zero-order chi connectivity index (χ0) is 12.0. The maximum Gasteiger partial charge on any atom is 0.0662 e. The summed E-state index contributed by atoms with van der Waals surface area (Å²) in [4.78, 5) is 0. The summed E-state index contributed by atoms with van der Waals surface area (Å²) in [6.45, 7) is 4.77. The molecular formula is C14H23NO. The van der Waals surface area contributed by atoms with Crippen molar-refractivity contribution in [3.05, 3.63) is 35.4 Å². The third-order valence-electron chi connectivity index (χ3n) is 2.92. The lowest BCUT2D eigenvalue weighted by molar-refractivity contribution is 0.170. The average molecular weight is 221 g/mol. The third kappa shape index (κ3) is 4.33. The van der Waals surface area contributed by atoms with Crippen LogP contribution in [-0.4, -0.2) is 17.8 Å². The first-order valence-corrected chi connectivity index (χ1v) is 6.10. The van der Waals surface area contributed by atoms with Crippen molar-refractivity contribution in [3.8, 4) is 0 Å². The molecule has 0 aliphatic carbocycles. The van der Waals surface area contributed by atoms with E-state index in [1.54, 1.807) is 0 Å². The molecule has 0 amide bonds. The first-order chi connectivity index (χ1) is 7.63. The van der Waals surface area contributed by atoms with E-state index in [-0.39, 0.29) is 6.10 Å². The van der Waals surface area contributed by atoms with Crippen LogP contribution in [0.25, 0.3) is 0 Å². The standard InChI is InChI=1S/C14H23NO/c1-11(2)13-8-6-12(7-9-13)4-3-5-14(16)10-15/h6-9,11,14,16H,3-5,10,15H2,1-2H3. The fourth-order valence-corrected chi connectivity index (χ4v) is 1.73. The van der Waals surface area contributed by atoms with Gasteiger partial charge in [0.05, 0.1) is 6.10 Å². The molecular weight excluding hydrogens is 198 g/mol. The van der Waals surface area contributed by atoms with Gasteiger partial charge in [0.15, 0.2) is 0 Å². The highest BCUT2D eigenvalue weighted by atomic mass is 16.3. The van der Waals surface area contributed by atoms with Crippen LogP contribution in [0.1, 0.15) is 43.7 Å². The fraction of sp³-hybridized carbons (Fsp3) is 0.571. The Kier molecular flexibility index (Phi) is 5.50. The molecule has 0 saturated heterocycles. The Morgan fingerprint density at radius 2 is 1.81 bits per heavy atom. The Balaban J connectivity index is 2.38. The highest BCUT2D eigenvalue weighted by Gasteiger charge is 2.02. The number of rotatable bonds is 6. The van der Waals surface area contributed by atoms with E-state index in [1.165, 1.54) is 11.1 Å². The number of benzene rings is 1. The summed E-state index contributed by atoms with van der Waals surface area (Å²) in [6, 6.07) is 8.76. The van der Waals surface area contributed by atoms with E-state index < -0.39 is 0 Å². The average Bonchev–Trinajstić information content (AvgIpc) is 2.29. The minimum atomic E-state index is -0.338. The SMILES string of the molecule is CC(C)c1ccc(CCCC(O)CN)cc1. The molecule has 0 aliphatic heterocycles. The molecule has 1 aromatic rings. The smallest absolute Gasteiger partial charge is 0.0662 e. The molecule has 3 N–H and O–H groups in total. The predicted octanol–water partition coefficient (Wildman–Crippen LogP) is 2.45. The molecule has 0 fully saturated rings. The van der Waals surface area contributed by atoms with E-state index in [4.69, 9.17) is 5.73 Å². The van der Waals surface area contributed by atoms with Crippen molar-refractivity contribution >= 4 is 0 Å². The molecule has 2 heteroatoms. The monoisotopic (exact) mass is 221 g/mol. The topological polar surface area (TPSA) is 46.2 Å². The Morgan fingerprint density at radius 1 is 1.19 bits per heavy atom. The number of aliphatic hydroxyl groups excluding tert-OH is 1. The lowest BCUT2D eigenvalue weighted by Crippen LogP contribution is -2.19. The van der Waals surface area contributed by atoms with Crippen molar-refractivity contribution in [1.29, 1.82) is 0 Å². The molecule has 0 aliphatic rings. The van der Waals surface area contributed by atoms with E-state index >= 15 is 0 Å². The first-order valence-electron chi connectivity index (χ1n) is 6.10. The molecule has 1 aromatic carbocycles. The van der Waals surface area contributed by atoms with E-state index in [0.29, 0.717) is 12.5 Å². The van der Waals surface area contributed by atoms with Crippen LogP contribution in [0, 0.1) is 0 Å². The Morgan fingerprint density at radius 3 is 2.31 bits per heavy atom. The molecule has 0 aromatic heterocycles. The van der Waals surface area contributed by atoms with Gasteiger partial charge in [-0.2, -0.15) is 0 Å². The van der Waals surface area contributed by atoms with Gasteiger partial charge in [-0.3, -0.25) is 0 Å². The summed E-state index contributed by atoms with van der Waals surface area (Å²) >= 11 is 0. The zero-order valence-corrected chi connectivity index (χ0v) is 10.3. The highest BCUT2D eigenvalue weighted by Crippen LogP contribution is 2.15. The summed E-state index contributed by atoms with van der Waals surface area (Å²) in [7, 11) is 0.